The van der Waals surface area contributed by atoms with E-state index in [9.17, 15) is 12.8 Å². The third-order valence-corrected chi connectivity index (χ3v) is 7.02. The molecule has 0 unspecified atom stereocenters. The van der Waals surface area contributed by atoms with Gasteiger partial charge in [-0.2, -0.15) is 5.10 Å². The number of hydrogen-bond acceptors (Lipinski definition) is 4. The van der Waals surface area contributed by atoms with Crippen molar-refractivity contribution in [3.05, 3.63) is 11.6 Å². The van der Waals surface area contributed by atoms with Gasteiger partial charge in [0.15, 0.2) is 5.82 Å². The third kappa shape index (κ3) is 3.42. The molecule has 23 heavy (non-hydrogen) atoms. The minimum Gasteiger partial charge on any atom is -0.263 e. The van der Waals surface area contributed by atoms with Gasteiger partial charge in [0.1, 0.15) is 5.82 Å². The van der Waals surface area contributed by atoms with Crippen molar-refractivity contribution in [3.8, 4) is 0 Å². The lowest BCUT2D eigenvalue weighted by atomic mass is 9.89. The number of nitrogens with one attached hydrogen (secondary N) is 1. The topological polar surface area (TPSA) is 79.0 Å². The van der Waals surface area contributed by atoms with Crippen LogP contribution < -0.4 is 0 Å². The van der Waals surface area contributed by atoms with Crippen molar-refractivity contribution in [2.24, 2.45) is 5.92 Å². The number of aromatic amines is 1. The van der Waals surface area contributed by atoms with Gasteiger partial charge in [0.2, 0.25) is 10.0 Å². The molecule has 6 nitrogen and oxygen atoms in total. The average molecular weight is 344 g/mol. The first-order chi connectivity index (χ1) is 11.0. The van der Waals surface area contributed by atoms with Crippen molar-refractivity contribution in [2.45, 2.75) is 50.9 Å². The van der Waals surface area contributed by atoms with Crippen LogP contribution in [0.3, 0.4) is 0 Å². The quantitative estimate of drug-likeness (QED) is 0.888. The molecule has 0 aromatic carbocycles. The summed E-state index contributed by atoms with van der Waals surface area (Å²) in [5.74, 6) is 1.31. The van der Waals surface area contributed by atoms with Crippen LogP contribution in [0.1, 0.15) is 62.5 Å². The smallest absolute Gasteiger partial charge is 0.213 e. The SMILES string of the molecule is CCS(=O)(=O)N1C[C@@H](CF)[C@H](c2nc(C3CCCCC3)n[nH]2)C1. The molecule has 130 valence electrons. The van der Waals surface area contributed by atoms with Crippen LogP contribution in [0.2, 0.25) is 0 Å². The Hall–Kier alpha value is -1.02. The maximum atomic E-state index is 13.4. The summed E-state index contributed by atoms with van der Waals surface area (Å²) in [5, 5.41) is 7.28. The standard InChI is InChI=1S/C15H25FN4O2S/c1-2-23(21,22)20-9-12(8-16)13(10-20)15-17-14(18-19-15)11-6-4-3-5-7-11/h11-13H,2-10H2,1H3,(H,17,18,19)/t12-,13-/m1/s1. The Morgan fingerprint density at radius 1 is 1.26 bits per heavy atom. The minimum absolute atomic E-state index is 0.0441. The first-order valence-electron chi connectivity index (χ1n) is 8.51. The highest BCUT2D eigenvalue weighted by atomic mass is 32.2. The first-order valence-corrected chi connectivity index (χ1v) is 10.1. The van der Waals surface area contributed by atoms with Gasteiger partial charge in [0.05, 0.1) is 12.4 Å². The maximum absolute atomic E-state index is 13.4. The van der Waals surface area contributed by atoms with Gasteiger partial charge >= 0.3 is 0 Å². The van der Waals surface area contributed by atoms with E-state index >= 15 is 0 Å². The molecule has 2 atom stereocenters. The van der Waals surface area contributed by atoms with Crippen molar-refractivity contribution in [1.82, 2.24) is 19.5 Å². The summed E-state index contributed by atoms with van der Waals surface area (Å²) in [4.78, 5) is 4.60. The number of alkyl halides is 1. The molecular formula is C15H25FN4O2S. The summed E-state index contributed by atoms with van der Waals surface area (Å²) in [6.45, 7) is 1.60. The third-order valence-electron chi connectivity index (χ3n) is 5.21. The fourth-order valence-electron chi connectivity index (χ4n) is 3.70. The van der Waals surface area contributed by atoms with E-state index in [0.717, 1.165) is 18.7 Å². The van der Waals surface area contributed by atoms with Crippen LogP contribution in [-0.2, 0) is 10.0 Å². The van der Waals surface area contributed by atoms with Crippen molar-refractivity contribution in [2.75, 3.05) is 25.5 Å². The predicted octanol–water partition coefficient (Wildman–Crippen LogP) is 2.19. The van der Waals surface area contributed by atoms with Crippen molar-refractivity contribution < 1.29 is 12.8 Å². The molecule has 1 aliphatic heterocycles. The summed E-state index contributed by atoms with van der Waals surface area (Å²) in [7, 11) is -3.29. The number of aromatic nitrogens is 3. The second-order valence-electron chi connectivity index (χ2n) is 6.65. The van der Waals surface area contributed by atoms with Crippen molar-refractivity contribution in [1.29, 1.82) is 0 Å². The zero-order valence-corrected chi connectivity index (χ0v) is 14.4. The van der Waals surface area contributed by atoms with E-state index in [0.29, 0.717) is 18.3 Å². The molecule has 1 aromatic heterocycles. The minimum atomic E-state index is -3.29. The van der Waals surface area contributed by atoms with Crippen LogP contribution >= 0.6 is 0 Å². The second kappa shape index (κ2) is 6.84. The molecule has 2 fully saturated rings. The molecule has 0 amide bonds. The molecule has 3 rings (SSSR count). The highest BCUT2D eigenvalue weighted by Crippen LogP contribution is 2.35. The molecule has 1 N–H and O–H groups in total. The van der Waals surface area contributed by atoms with E-state index in [1.807, 2.05) is 0 Å². The fraction of sp³-hybridized carbons (Fsp3) is 0.867. The summed E-state index contributed by atoms with van der Waals surface area (Å²) in [6, 6.07) is 0. The molecule has 1 aromatic rings. The zero-order valence-electron chi connectivity index (χ0n) is 13.5. The van der Waals surface area contributed by atoms with Gasteiger partial charge in [0, 0.05) is 30.8 Å². The Bertz CT molecular complexity index is 627. The first kappa shape index (κ1) is 16.8. The molecule has 0 bridgehead atoms. The summed E-state index contributed by atoms with van der Waals surface area (Å²) >= 11 is 0. The Morgan fingerprint density at radius 3 is 2.65 bits per heavy atom. The molecule has 0 spiro atoms. The average Bonchev–Trinajstić information content (AvgIpc) is 3.22. The molecule has 1 aliphatic carbocycles. The Balaban J connectivity index is 1.76. The van der Waals surface area contributed by atoms with Gasteiger partial charge in [-0.3, -0.25) is 9.49 Å². The molecule has 0 radical (unpaired) electrons. The van der Waals surface area contributed by atoms with Gasteiger partial charge in [-0.05, 0) is 19.8 Å². The van der Waals surface area contributed by atoms with Crippen LogP contribution in [0.15, 0.2) is 0 Å². The Kier molecular flexibility index (Phi) is 5.01. The highest BCUT2D eigenvalue weighted by molar-refractivity contribution is 7.89. The van der Waals surface area contributed by atoms with Crippen molar-refractivity contribution in [3.63, 3.8) is 0 Å². The van der Waals surface area contributed by atoms with E-state index in [1.165, 1.54) is 23.6 Å². The monoisotopic (exact) mass is 344 g/mol. The van der Waals surface area contributed by atoms with Gasteiger partial charge in [-0.25, -0.2) is 17.7 Å². The van der Waals surface area contributed by atoms with Gasteiger partial charge < -0.3 is 0 Å². The number of rotatable bonds is 5. The Labute approximate surface area is 136 Å². The lowest BCUT2D eigenvalue weighted by molar-refractivity contribution is 0.345. The summed E-state index contributed by atoms with van der Waals surface area (Å²) < 4.78 is 38.9. The number of H-pyrrole nitrogens is 1. The van der Waals surface area contributed by atoms with Gasteiger partial charge in [-0.1, -0.05) is 19.3 Å². The maximum Gasteiger partial charge on any atom is 0.213 e. The lowest BCUT2D eigenvalue weighted by Gasteiger charge is -2.18. The number of hydrogen-bond donors (Lipinski definition) is 1. The van der Waals surface area contributed by atoms with Crippen LogP contribution in [-0.4, -0.2) is 53.4 Å². The molecular weight excluding hydrogens is 319 g/mol. The summed E-state index contributed by atoms with van der Waals surface area (Å²) in [6.07, 6.45) is 5.88. The van der Waals surface area contributed by atoms with Gasteiger partial charge in [-0.15, -0.1) is 0 Å². The highest BCUT2D eigenvalue weighted by Gasteiger charge is 2.40. The molecule has 1 saturated heterocycles. The predicted molar refractivity (Wildman–Crippen MR) is 85.4 cm³/mol. The number of nitrogens with zero attached hydrogens (tertiary/aromatic N) is 3. The second-order valence-corrected chi connectivity index (χ2v) is 8.91. The lowest BCUT2D eigenvalue weighted by Crippen LogP contribution is -2.30. The van der Waals surface area contributed by atoms with Crippen LogP contribution in [0, 0.1) is 5.92 Å². The van der Waals surface area contributed by atoms with Crippen LogP contribution in [0.25, 0.3) is 0 Å². The molecule has 2 heterocycles. The molecule has 8 heteroatoms. The van der Waals surface area contributed by atoms with Crippen LogP contribution in [0.5, 0.6) is 0 Å². The number of halogens is 1. The zero-order chi connectivity index (χ0) is 16.4. The Morgan fingerprint density at radius 2 is 2.00 bits per heavy atom. The van der Waals surface area contributed by atoms with E-state index < -0.39 is 16.7 Å². The van der Waals surface area contributed by atoms with Crippen LogP contribution in [0.4, 0.5) is 4.39 Å². The number of sulfonamides is 1. The summed E-state index contributed by atoms with van der Waals surface area (Å²) in [5.41, 5.74) is 0. The molecule has 1 saturated carbocycles. The van der Waals surface area contributed by atoms with E-state index in [1.54, 1.807) is 6.92 Å². The van der Waals surface area contributed by atoms with Crippen molar-refractivity contribution >= 4 is 10.0 Å². The van der Waals surface area contributed by atoms with E-state index in [2.05, 4.69) is 15.2 Å². The molecule has 2 aliphatic rings. The normalized spacial score (nSPS) is 27.6. The largest absolute Gasteiger partial charge is 0.263 e. The fourth-order valence-corrected chi connectivity index (χ4v) is 4.88. The van der Waals surface area contributed by atoms with Gasteiger partial charge in [0.25, 0.3) is 0 Å². The van der Waals surface area contributed by atoms with E-state index in [-0.39, 0.29) is 24.1 Å². The van der Waals surface area contributed by atoms with E-state index in [4.69, 9.17) is 0 Å².